The van der Waals surface area contributed by atoms with E-state index in [1.807, 2.05) is 24.3 Å². The van der Waals surface area contributed by atoms with E-state index in [0.717, 1.165) is 44.2 Å². The zero-order valence-corrected chi connectivity index (χ0v) is 18.2. The number of benzene rings is 2. The molecule has 0 unspecified atom stereocenters. The summed E-state index contributed by atoms with van der Waals surface area (Å²) in [6.45, 7) is 10.7. The molecule has 1 saturated heterocycles. The first-order valence-electron chi connectivity index (χ1n) is 10.9. The van der Waals surface area contributed by atoms with E-state index in [1.165, 1.54) is 5.69 Å². The van der Waals surface area contributed by atoms with Crippen molar-refractivity contribution in [2.45, 2.75) is 26.0 Å². The van der Waals surface area contributed by atoms with E-state index in [9.17, 15) is 5.11 Å². The first-order chi connectivity index (χ1) is 14.6. The van der Waals surface area contributed by atoms with Crippen molar-refractivity contribution in [1.82, 2.24) is 10.2 Å². The Balaban J connectivity index is 1.31. The molecule has 6 heteroatoms. The summed E-state index contributed by atoms with van der Waals surface area (Å²) in [5.74, 6) is 1.58. The Kier molecular flexibility index (Phi) is 8.81. The number of aliphatic hydroxyl groups is 1. The highest BCUT2D eigenvalue weighted by Gasteiger charge is 2.24. The number of anilines is 1. The number of ether oxygens (including phenoxy) is 2. The first kappa shape index (κ1) is 22.4. The lowest BCUT2D eigenvalue weighted by molar-refractivity contribution is 0.104. The summed E-state index contributed by atoms with van der Waals surface area (Å²) in [5.41, 5.74) is 1.31. The van der Waals surface area contributed by atoms with Crippen molar-refractivity contribution in [1.29, 1.82) is 0 Å². The van der Waals surface area contributed by atoms with Crippen LogP contribution in [0.4, 0.5) is 5.69 Å². The van der Waals surface area contributed by atoms with Gasteiger partial charge in [0.15, 0.2) is 6.54 Å². The number of hydrogen-bond donors (Lipinski definition) is 2. The molecule has 2 aromatic carbocycles. The highest BCUT2D eigenvalue weighted by atomic mass is 16.5. The molecule has 1 aliphatic heterocycles. The molecule has 163 valence electrons. The zero-order valence-electron chi connectivity index (χ0n) is 18.2. The van der Waals surface area contributed by atoms with Gasteiger partial charge in [-0.15, -0.1) is 0 Å². The molecule has 0 amide bonds. The van der Waals surface area contributed by atoms with Gasteiger partial charge in [0.25, 0.3) is 0 Å². The van der Waals surface area contributed by atoms with Crippen molar-refractivity contribution in [3.8, 4) is 11.5 Å². The number of para-hydroxylation sites is 1. The van der Waals surface area contributed by atoms with Gasteiger partial charge in [0.1, 0.15) is 43.9 Å². The van der Waals surface area contributed by atoms with Gasteiger partial charge in [-0.3, -0.25) is 0 Å². The maximum Gasteiger partial charge on any atom is 0.156 e. The minimum Gasteiger partial charge on any atom is -0.491 e. The molecule has 3 rings (SSSR count). The van der Waals surface area contributed by atoms with Crippen LogP contribution < -0.4 is 24.6 Å². The lowest BCUT2D eigenvalue weighted by atomic mass is 10.2. The third kappa shape index (κ3) is 7.52. The van der Waals surface area contributed by atoms with Gasteiger partial charge >= 0.3 is 0 Å². The fraction of sp³-hybridized carbons (Fsp3) is 0.500. The first-order valence-corrected chi connectivity index (χ1v) is 10.9. The lowest BCUT2D eigenvalue weighted by Gasteiger charge is -2.30. The van der Waals surface area contributed by atoms with Crippen LogP contribution in [-0.2, 0) is 0 Å². The number of aliphatic hydroxyl groups excluding tert-OH is 1. The Bertz CT molecular complexity index is 716. The van der Waals surface area contributed by atoms with Crippen LogP contribution in [0.5, 0.6) is 11.5 Å². The second kappa shape index (κ2) is 11.8. The second-order valence-electron chi connectivity index (χ2n) is 8.01. The largest absolute Gasteiger partial charge is 0.491 e. The second-order valence-corrected chi connectivity index (χ2v) is 8.01. The van der Waals surface area contributed by atoms with Crippen LogP contribution >= 0.6 is 0 Å². The quantitative estimate of drug-likeness (QED) is 0.554. The summed E-state index contributed by atoms with van der Waals surface area (Å²) < 4.78 is 11.5. The number of hydrogen-bond acceptors (Lipinski definition) is 6. The summed E-state index contributed by atoms with van der Waals surface area (Å²) >= 11 is 0. The smallest absolute Gasteiger partial charge is 0.156 e. The molecule has 1 radical (unpaired) electrons. The molecular weight excluding hydrogens is 378 g/mol. The normalized spacial score (nSPS) is 15.9. The summed E-state index contributed by atoms with van der Waals surface area (Å²) in [7, 11) is 0. The molecular formula is C24H35N3O3+. The van der Waals surface area contributed by atoms with E-state index in [-0.39, 0.29) is 6.61 Å². The SMILES string of the molecule is CC(C)NC[C@H](O)COc1ccc(OCC[N+]2CCN(c3ccccc3)CC2)cc1. The molecule has 0 saturated carbocycles. The predicted octanol–water partition coefficient (Wildman–Crippen LogP) is 2.46. The fourth-order valence-electron chi connectivity index (χ4n) is 3.42. The van der Waals surface area contributed by atoms with Gasteiger partial charge in [0.05, 0.1) is 13.1 Å². The van der Waals surface area contributed by atoms with Crippen LogP contribution in [0.2, 0.25) is 0 Å². The Morgan fingerprint density at radius 2 is 1.60 bits per heavy atom. The van der Waals surface area contributed by atoms with Crippen LogP contribution in [0.15, 0.2) is 54.6 Å². The molecule has 0 aromatic heterocycles. The maximum absolute atomic E-state index is 9.92. The summed E-state index contributed by atoms with van der Waals surface area (Å²) in [6.07, 6.45) is -0.523. The number of nitrogens with zero attached hydrogens (tertiary/aromatic N) is 2. The molecule has 1 fully saturated rings. The van der Waals surface area contributed by atoms with Crippen LogP contribution in [0.1, 0.15) is 13.8 Å². The molecule has 30 heavy (non-hydrogen) atoms. The Morgan fingerprint density at radius 3 is 2.23 bits per heavy atom. The Hall–Kier alpha value is -2.28. The van der Waals surface area contributed by atoms with Gasteiger partial charge in [-0.1, -0.05) is 32.0 Å². The number of nitrogens with one attached hydrogen (secondary N) is 1. The van der Waals surface area contributed by atoms with Crippen molar-refractivity contribution >= 4 is 5.69 Å². The van der Waals surface area contributed by atoms with Gasteiger partial charge in [-0.25, -0.2) is 0 Å². The highest BCUT2D eigenvalue weighted by molar-refractivity contribution is 5.46. The topological polar surface area (TPSA) is 59.9 Å². The summed E-state index contributed by atoms with van der Waals surface area (Å²) in [5, 5.41) is 13.1. The molecule has 0 spiro atoms. The minimum absolute atomic E-state index is 0.273. The summed E-state index contributed by atoms with van der Waals surface area (Å²) in [6, 6.07) is 18.6. The van der Waals surface area contributed by atoms with E-state index in [1.54, 1.807) is 0 Å². The van der Waals surface area contributed by atoms with E-state index < -0.39 is 6.10 Å². The standard InChI is InChI=1S/C24H35N3O3/c1-20(2)25-18-22(28)19-30-24-10-8-23(9-11-24)29-17-16-26-12-14-27(15-13-26)21-6-4-3-5-7-21/h3-11,20,22,25,28H,12-19H2,1-2H3/q+1/t22-/m0/s1. The average Bonchev–Trinajstić information content (AvgIpc) is 2.78. The van der Waals surface area contributed by atoms with Crippen molar-refractivity contribution < 1.29 is 14.6 Å². The monoisotopic (exact) mass is 413 g/mol. The van der Waals surface area contributed by atoms with Gasteiger partial charge in [0.2, 0.25) is 0 Å². The summed E-state index contributed by atoms with van der Waals surface area (Å²) in [4.78, 5) is 4.88. The van der Waals surface area contributed by atoms with Crippen LogP contribution in [0, 0.1) is 0 Å². The van der Waals surface area contributed by atoms with Crippen molar-refractivity contribution in [3.05, 3.63) is 54.6 Å². The van der Waals surface area contributed by atoms with E-state index >= 15 is 0 Å². The third-order valence-electron chi connectivity index (χ3n) is 5.20. The van der Waals surface area contributed by atoms with Crippen molar-refractivity contribution in [2.75, 3.05) is 57.4 Å². The van der Waals surface area contributed by atoms with E-state index in [0.29, 0.717) is 19.2 Å². The molecule has 1 atom stereocenters. The number of piperazine rings is 1. The Labute approximate surface area is 180 Å². The molecule has 2 aromatic rings. The zero-order chi connectivity index (χ0) is 21.2. The molecule has 1 heterocycles. The van der Waals surface area contributed by atoms with Crippen LogP contribution in [-0.4, -0.2) is 69.7 Å². The van der Waals surface area contributed by atoms with Gasteiger partial charge in [0, 0.05) is 18.3 Å². The van der Waals surface area contributed by atoms with Gasteiger partial charge in [-0.05, 0) is 36.4 Å². The maximum atomic E-state index is 9.92. The predicted molar refractivity (Wildman–Crippen MR) is 122 cm³/mol. The van der Waals surface area contributed by atoms with E-state index in [4.69, 9.17) is 9.47 Å². The van der Waals surface area contributed by atoms with Crippen molar-refractivity contribution in [2.24, 2.45) is 0 Å². The van der Waals surface area contributed by atoms with Gasteiger partial charge in [-0.2, -0.15) is 4.90 Å². The van der Waals surface area contributed by atoms with Crippen LogP contribution in [0.25, 0.3) is 0 Å². The molecule has 0 bridgehead atoms. The van der Waals surface area contributed by atoms with Crippen LogP contribution in [0.3, 0.4) is 0 Å². The minimum atomic E-state index is -0.523. The van der Waals surface area contributed by atoms with E-state index in [2.05, 4.69) is 59.3 Å². The molecule has 0 aliphatic carbocycles. The van der Waals surface area contributed by atoms with Crippen molar-refractivity contribution in [3.63, 3.8) is 0 Å². The number of rotatable bonds is 11. The third-order valence-corrected chi connectivity index (χ3v) is 5.20. The fourth-order valence-corrected chi connectivity index (χ4v) is 3.42. The average molecular weight is 414 g/mol. The molecule has 1 aliphatic rings. The lowest BCUT2D eigenvalue weighted by Crippen LogP contribution is -2.51. The Morgan fingerprint density at radius 1 is 0.967 bits per heavy atom. The highest BCUT2D eigenvalue weighted by Crippen LogP contribution is 2.18. The molecule has 2 N–H and O–H groups in total. The van der Waals surface area contributed by atoms with Gasteiger partial charge < -0.3 is 24.8 Å². The molecule has 6 nitrogen and oxygen atoms in total.